The zero-order chi connectivity index (χ0) is 15.6. The number of nitrogens with zero attached hydrogens (tertiary/aromatic N) is 2. The summed E-state index contributed by atoms with van der Waals surface area (Å²) in [5.74, 6) is 0. The van der Waals surface area contributed by atoms with Gasteiger partial charge < -0.3 is 15.0 Å². The van der Waals surface area contributed by atoms with Crippen LogP contribution in [0.2, 0.25) is 0 Å². The molecule has 0 unspecified atom stereocenters. The Morgan fingerprint density at radius 2 is 2.09 bits per heavy atom. The number of nitrogens with one attached hydrogen (secondary N) is 1. The van der Waals surface area contributed by atoms with E-state index >= 15 is 0 Å². The lowest BCUT2D eigenvalue weighted by Gasteiger charge is -2.38. The van der Waals surface area contributed by atoms with Crippen LogP contribution < -0.4 is 5.32 Å². The van der Waals surface area contributed by atoms with E-state index in [0.29, 0.717) is 17.5 Å². The third-order valence-corrected chi connectivity index (χ3v) is 5.92. The van der Waals surface area contributed by atoms with Crippen LogP contribution in [0.1, 0.15) is 46.0 Å². The Hall–Kier alpha value is -0.810. The van der Waals surface area contributed by atoms with Gasteiger partial charge in [-0.15, -0.1) is 0 Å². The third-order valence-electron chi connectivity index (χ3n) is 5.92. The van der Waals surface area contributed by atoms with Gasteiger partial charge in [-0.05, 0) is 38.5 Å². The summed E-state index contributed by atoms with van der Waals surface area (Å²) in [6.45, 7) is 9.60. The number of carbonyl (C=O) groups excluding carboxylic acids is 1. The molecular weight excluding hydrogens is 278 g/mol. The zero-order valence-electron chi connectivity index (χ0n) is 14.1. The molecule has 126 valence electrons. The highest BCUT2D eigenvalue weighted by Crippen LogP contribution is 2.45. The SMILES string of the molecule is C[C@H](CNC(=O)N1CCC2(CCCC2)C1)N1CCOC[C@@H]1C. The van der Waals surface area contributed by atoms with Crippen LogP contribution >= 0.6 is 0 Å². The van der Waals surface area contributed by atoms with Gasteiger partial charge in [-0.25, -0.2) is 4.79 Å². The van der Waals surface area contributed by atoms with E-state index < -0.39 is 0 Å². The molecule has 22 heavy (non-hydrogen) atoms. The number of rotatable bonds is 3. The molecule has 1 spiro atoms. The van der Waals surface area contributed by atoms with Gasteiger partial charge in [-0.2, -0.15) is 0 Å². The Kier molecular flexibility index (Phi) is 4.93. The van der Waals surface area contributed by atoms with Crippen LogP contribution in [-0.2, 0) is 4.74 Å². The van der Waals surface area contributed by atoms with Gasteiger partial charge in [0, 0.05) is 38.3 Å². The summed E-state index contributed by atoms with van der Waals surface area (Å²) in [5.41, 5.74) is 0.460. The Bertz CT molecular complexity index is 395. The minimum atomic E-state index is 0.136. The second-order valence-electron chi connectivity index (χ2n) is 7.58. The Labute approximate surface area is 134 Å². The maximum atomic E-state index is 12.4. The molecule has 2 amide bonds. The van der Waals surface area contributed by atoms with Crippen molar-refractivity contribution in [3.63, 3.8) is 0 Å². The number of urea groups is 1. The molecule has 3 fully saturated rings. The van der Waals surface area contributed by atoms with Gasteiger partial charge >= 0.3 is 6.03 Å². The van der Waals surface area contributed by atoms with Crippen molar-refractivity contribution in [2.75, 3.05) is 39.4 Å². The summed E-state index contributed by atoms with van der Waals surface area (Å²) in [7, 11) is 0. The van der Waals surface area contributed by atoms with Gasteiger partial charge in [0.1, 0.15) is 0 Å². The lowest BCUT2D eigenvalue weighted by atomic mass is 9.86. The van der Waals surface area contributed by atoms with Gasteiger partial charge in [0.15, 0.2) is 0 Å². The molecule has 2 saturated heterocycles. The molecule has 5 nitrogen and oxygen atoms in total. The molecule has 1 saturated carbocycles. The fourth-order valence-corrected chi connectivity index (χ4v) is 4.50. The van der Waals surface area contributed by atoms with Crippen molar-refractivity contribution in [2.24, 2.45) is 5.41 Å². The summed E-state index contributed by atoms with van der Waals surface area (Å²) >= 11 is 0. The molecule has 3 rings (SSSR count). The lowest BCUT2D eigenvalue weighted by molar-refractivity contribution is -0.0177. The molecule has 2 atom stereocenters. The average molecular weight is 309 g/mol. The standard InChI is InChI=1S/C17H31N3O2/c1-14(20-9-10-22-12-15(20)2)11-18-16(21)19-8-7-17(13-19)5-3-4-6-17/h14-15H,3-13H2,1-2H3,(H,18,21)/t14-,15+/m1/s1. The minimum absolute atomic E-state index is 0.136. The van der Waals surface area contributed by atoms with Gasteiger partial charge in [0.25, 0.3) is 0 Å². The highest BCUT2D eigenvalue weighted by Gasteiger charge is 2.41. The van der Waals surface area contributed by atoms with Crippen molar-refractivity contribution in [2.45, 2.75) is 58.0 Å². The number of carbonyl (C=O) groups is 1. The minimum Gasteiger partial charge on any atom is -0.379 e. The van der Waals surface area contributed by atoms with E-state index in [1.54, 1.807) is 0 Å². The van der Waals surface area contributed by atoms with E-state index in [0.717, 1.165) is 39.4 Å². The summed E-state index contributed by atoms with van der Waals surface area (Å²) in [4.78, 5) is 16.9. The zero-order valence-corrected chi connectivity index (χ0v) is 14.1. The monoisotopic (exact) mass is 309 g/mol. The van der Waals surface area contributed by atoms with Crippen molar-refractivity contribution in [3.05, 3.63) is 0 Å². The van der Waals surface area contributed by atoms with Crippen LogP contribution in [0.3, 0.4) is 0 Å². The van der Waals surface area contributed by atoms with E-state index in [2.05, 4.69) is 24.1 Å². The molecule has 1 aliphatic carbocycles. The molecule has 0 aromatic rings. The summed E-state index contributed by atoms with van der Waals surface area (Å²) < 4.78 is 5.49. The number of ether oxygens (including phenoxy) is 1. The van der Waals surface area contributed by atoms with Gasteiger partial charge in [-0.3, -0.25) is 4.90 Å². The maximum Gasteiger partial charge on any atom is 0.317 e. The number of likely N-dealkylation sites (tertiary alicyclic amines) is 1. The van der Waals surface area contributed by atoms with Crippen molar-refractivity contribution in [1.82, 2.24) is 15.1 Å². The van der Waals surface area contributed by atoms with E-state index in [1.807, 2.05) is 4.90 Å². The Morgan fingerprint density at radius 3 is 2.82 bits per heavy atom. The molecule has 0 radical (unpaired) electrons. The first-order valence-electron chi connectivity index (χ1n) is 8.96. The van der Waals surface area contributed by atoms with Crippen LogP contribution in [-0.4, -0.2) is 67.3 Å². The second kappa shape index (κ2) is 6.75. The van der Waals surface area contributed by atoms with Crippen molar-refractivity contribution in [1.29, 1.82) is 0 Å². The Morgan fingerprint density at radius 1 is 1.32 bits per heavy atom. The Balaban J connectivity index is 1.44. The van der Waals surface area contributed by atoms with Gasteiger partial charge in [0.05, 0.1) is 13.2 Å². The molecule has 5 heteroatoms. The van der Waals surface area contributed by atoms with E-state index in [9.17, 15) is 4.79 Å². The predicted molar refractivity (Wildman–Crippen MR) is 86.9 cm³/mol. The van der Waals surface area contributed by atoms with Crippen molar-refractivity contribution >= 4 is 6.03 Å². The fourth-order valence-electron chi connectivity index (χ4n) is 4.50. The van der Waals surface area contributed by atoms with Crippen LogP contribution in [0.4, 0.5) is 4.79 Å². The van der Waals surface area contributed by atoms with Gasteiger partial charge in [-0.1, -0.05) is 12.8 Å². The first-order valence-corrected chi connectivity index (χ1v) is 8.96. The number of morpholine rings is 1. The van der Waals surface area contributed by atoms with Crippen molar-refractivity contribution in [3.8, 4) is 0 Å². The van der Waals surface area contributed by atoms with Crippen LogP contribution in [0.15, 0.2) is 0 Å². The quantitative estimate of drug-likeness (QED) is 0.868. The molecule has 0 bridgehead atoms. The first-order chi connectivity index (χ1) is 10.6. The second-order valence-corrected chi connectivity index (χ2v) is 7.58. The smallest absolute Gasteiger partial charge is 0.317 e. The summed E-state index contributed by atoms with van der Waals surface area (Å²) in [6, 6.07) is 0.941. The molecule has 3 aliphatic rings. The topological polar surface area (TPSA) is 44.8 Å². The van der Waals surface area contributed by atoms with Gasteiger partial charge in [0.2, 0.25) is 0 Å². The molecule has 2 aliphatic heterocycles. The largest absolute Gasteiger partial charge is 0.379 e. The van der Waals surface area contributed by atoms with E-state index in [1.165, 1.54) is 32.1 Å². The predicted octanol–water partition coefficient (Wildman–Crippen LogP) is 2.07. The number of hydrogen-bond acceptors (Lipinski definition) is 3. The molecule has 0 aromatic heterocycles. The highest BCUT2D eigenvalue weighted by molar-refractivity contribution is 5.74. The van der Waals surface area contributed by atoms with Crippen LogP contribution in [0.5, 0.6) is 0 Å². The maximum absolute atomic E-state index is 12.4. The molecule has 2 heterocycles. The molecular formula is C17H31N3O2. The summed E-state index contributed by atoms with van der Waals surface area (Å²) in [5, 5.41) is 3.15. The number of hydrogen-bond donors (Lipinski definition) is 1. The highest BCUT2D eigenvalue weighted by atomic mass is 16.5. The first kappa shape index (κ1) is 16.1. The fraction of sp³-hybridized carbons (Fsp3) is 0.941. The molecule has 0 aromatic carbocycles. The summed E-state index contributed by atoms with van der Waals surface area (Å²) in [6.07, 6.45) is 6.54. The van der Waals surface area contributed by atoms with Crippen LogP contribution in [0, 0.1) is 5.41 Å². The van der Waals surface area contributed by atoms with E-state index in [-0.39, 0.29) is 6.03 Å². The third kappa shape index (κ3) is 3.40. The number of amides is 2. The van der Waals surface area contributed by atoms with Crippen molar-refractivity contribution < 1.29 is 9.53 Å². The van der Waals surface area contributed by atoms with E-state index in [4.69, 9.17) is 4.74 Å². The lowest BCUT2D eigenvalue weighted by Crippen LogP contribution is -2.53. The normalized spacial score (nSPS) is 29.9. The molecule has 1 N–H and O–H groups in total. The average Bonchev–Trinajstić information content (AvgIpc) is 3.15. The van der Waals surface area contributed by atoms with Crippen LogP contribution in [0.25, 0.3) is 0 Å².